The number of nitro groups is 1. The van der Waals surface area contributed by atoms with Crippen molar-refractivity contribution in [3.8, 4) is 0 Å². The number of halogens is 3. The molecule has 1 amide bonds. The van der Waals surface area contributed by atoms with Crippen LogP contribution in [0.3, 0.4) is 0 Å². The first-order valence-electron chi connectivity index (χ1n) is 6.52. The summed E-state index contributed by atoms with van der Waals surface area (Å²) in [6.45, 7) is 0. The number of non-ortho nitro benzene ring substituents is 1. The van der Waals surface area contributed by atoms with Gasteiger partial charge in [0.25, 0.3) is 11.6 Å². The SMILES string of the molecule is O=C(N/N=C/c1ccc(C(F)(F)F)cc1)c1cccc([N+](=O)[O-])c1. The number of rotatable bonds is 4. The van der Waals surface area contributed by atoms with Gasteiger partial charge in [0, 0.05) is 17.7 Å². The van der Waals surface area contributed by atoms with Crippen molar-refractivity contribution in [3.05, 3.63) is 75.3 Å². The molecule has 2 aromatic carbocycles. The molecule has 0 spiro atoms. The van der Waals surface area contributed by atoms with E-state index in [-0.39, 0.29) is 11.3 Å². The number of carbonyl (C=O) groups is 1. The Balaban J connectivity index is 2.02. The Labute approximate surface area is 133 Å². The summed E-state index contributed by atoms with van der Waals surface area (Å²) in [6.07, 6.45) is -3.26. The largest absolute Gasteiger partial charge is 0.416 e. The number of nitro benzene ring substituents is 1. The zero-order valence-electron chi connectivity index (χ0n) is 11.9. The molecule has 0 heterocycles. The van der Waals surface area contributed by atoms with Gasteiger partial charge in [0.2, 0.25) is 0 Å². The van der Waals surface area contributed by atoms with Crippen LogP contribution in [0.15, 0.2) is 53.6 Å². The molecule has 9 heteroatoms. The van der Waals surface area contributed by atoms with Crippen LogP contribution < -0.4 is 5.43 Å². The van der Waals surface area contributed by atoms with Crippen LogP contribution >= 0.6 is 0 Å². The van der Waals surface area contributed by atoms with Crippen LogP contribution in [-0.2, 0) is 6.18 Å². The molecule has 0 aliphatic rings. The molecule has 0 radical (unpaired) electrons. The number of nitrogens with zero attached hydrogens (tertiary/aromatic N) is 2. The van der Waals surface area contributed by atoms with E-state index in [0.29, 0.717) is 5.56 Å². The molecule has 0 fully saturated rings. The number of alkyl halides is 3. The summed E-state index contributed by atoms with van der Waals surface area (Å²) in [5.74, 6) is -0.679. The maximum atomic E-state index is 12.4. The number of carbonyl (C=O) groups excluding carboxylic acids is 1. The maximum absolute atomic E-state index is 12.4. The quantitative estimate of drug-likeness (QED) is 0.527. The van der Waals surface area contributed by atoms with Crippen molar-refractivity contribution in [2.45, 2.75) is 6.18 Å². The van der Waals surface area contributed by atoms with Gasteiger partial charge in [-0.1, -0.05) is 18.2 Å². The second-order valence-electron chi connectivity index (χ2n) is 4.63. The lowest BCUT2D eigenvalue weighted by atomic mass is 10.1. The van der Waals surface area contributed by atoms with Crippen LogP contribution in [-0.4, -0.2) is 17.0 Å². The van der Waals surface area contributed by atoms with Crippen molar-refractivity contribution in [3.63, 3.8) is 0 Å². The minimum Gasteiger partial charge on any atom is -0.267 e. The van der Waals surface area contributed by atoms with Gasteiger partial charge in [0.15, 0.2) is 0 Å². The molecule has 0 unspecified atom stereocenters. The predicted molar refractivity (Wildman–Crippen MR) is 79.6 cm³/mol. The molecule has 0 saturated heterocycles. The van der Waals surface area contributed by atoms with Gasteiger partial charge in [-0.25, -0.2) is 5.43 Å². The fourth-order valence-corrected chi connectivity index (χ4v) is 1.75. The molecule has 1 N–H and O–H groups in total. The molecule has 6 nitrogen and oxygen atoms in total. The molecular weight excluding hydrogens is 327 g/mol. The third-order valence-corrected chi connectivity index (χ3v) is 2.94. The zero-order chi connectivity index (χ0) is 17.7. The first-order valence-corrected chi connectivity index (χ1v) is 6.52. The molecule has 0 aliphatic carbocycles. The lowest BCUT2D eigenvalue weighted by Gasteiger charge is -2.05. The molecule has 0 aliphatic heterocycles. The van der Waals surface area contributed by atoms with E-state index in [1.165, 1.54) is 30.3 Å². The number of amides is 1. The number of benzene rings is 2. The van der Waals surface area contributed by atoms with Crippen molar-refractivity contribution in [2.75, 3.05) is 0 Å². The monoisotopic (exact) mass is 337 g/mol. The van der Waals surface area contributed by atoms with E-state index in [1.807, 2.05) is 0 Å². The molecule has 2 aromatic rings. The van der Waals surface area contributed by atoms with Crippen LogP contribution in [0.5, 0.6) is 0 Å². The molecule has 0 saturated carbocycles. The summed E-state index contributed by atoms with van der Waals surface area (Å²) < 4.78 is 37.2. The lowest BCUT2D eigenvalue weighted by molar-refractivity contribution is -0.384. The number of hydrazone groups is 1. The van der Waals surface area contributed by atoms with E-state index >= 15 is 0 Å². The Hall–Kier alpha value is -3.23. The fraction of sp³-hybridized carbons (Fsp3) is 0.0667. The first-order chi connectivity index (χ1) is 11.3. The van der Waals surface area contributed by atoms with E-state index in [0.717, 1.165) is 24.4 Å². The van der Waals surface area contributed by atoms with Gasteiger partial charge in [-0.15, -0.1) is 0 Å². The van der Waals surface area contributed by atoms with E-state index in [4.69, 9.17) is 0 Å². The number of nitrogens with one attached hydrogen (secondary N) is 1. The van der Waals surface area contributed by atoms with Crippen molar-refractivity contribution in [1.29, 1.82) is 0 Å². The molecule has 24 heavy (non-hydrogen) atoms. The van der Waals surface area contributed by atoms with E-state index in [1.54, 1.807) is 0 Å². The van der Waals surface area contributed by atoms with Gasteiger partial charge in [-0.3, -0.25) is 14.9 Å². The van der Waals surface area contributed by atoms with Crippen molar-refractivity contribution < 1.29 is 22.9 Å². The highest BCUT2D eigenvalue weighted by molar-refractivity contribution is 5.95. The van der Waals surface area contributed by atoms with E-state index in [2.05, 4.69) is 10.5 Å². The topological polar surface area (TPSA) is 84.6 Å². The van der Waals surface area contributed by atoms with Gasteiger partial charge in [0.05, 0.1) is 16.7 Å². The molecule has 0 aromatic heterocycles. The van der Waals surface area contributed by atoms with Crippen LogP contribution in [0.4, 0.5) is 18.9 Å². The van der Waals surface area contributed by atoms with Crippen molar-refractivity contribution in [2.24, 2.45) is 5.10 Å². The third kappa shape index (κ3) is 4.38. The Morgan fingerprint density at radius 3 is 2.42 bits per heavy atom. The maximum Gasteiger partial charge on any atom is 0.416 e. The highest BCUT2D eigenvalue weighted by atomic mass is 19.4. The predicted octanol–water partition coefficient (Wildman–Crippen LogP) is 3.38. The lowest BCUT2D eigenvalue weighted by Crippen LogP contribution is -2.17. The Morgan fingerprint density at radius 1 is 1.17 bits per heavy atom. The normalized spacial score (nSPS) is 11.5. The Morgan fingerprint density at radius 2 is 1.83 bits per heavy atom. The average molecular weight is 337 g/mol. The summed E-state index contributed by atoms with van der Waals surface area (Å²) >= 11 is 0. The van der Waals surface area contributed by atoms with Crippen molar-refractivity contribution in [1.82, 2.24) is 5.43 Å². The Kier molecular flexibility index (Phi) is 4.93. The molecule has 0 bridgehead atoms. The first kappa shape index (κ1) is 17.1. The summed E-state index contributed by atoms with van der Waals surface area (Å²) in [5, 5.41) is 14.2. The van der Waals surface area contributed by atoms with Gasteiger partial charge < -0.3 is 0 Å². The number of hydrogen-bond donors (Lipinski definition) is 1. The highest BCUT2D eigenvalue weighted by Gasteiger charge is 2.29. The van der Waals surface area contributed by atoms with Crippen LogP contribution in [0.2, 0.25) is 0 Å². The summed E-state index contributed by atoms with van der Waals surface area (Å²) in [7, 11) is 0. The molecule has 124 valence electrons. The standard InChI is InChI=1S/C15H10F3N3O3/c16-15(17,18)12-6-4-10(5-7-12)9-19-20-14(22)11-2-1-3-13(8-11)21(23)24/h1-9H,(H,20,22)/b19-9+. The highest BCUT2D eigenvalue weighted by Crippen LogP contribution is 2.28. The van der Waals surface area contributed by atoms with Gasteiger partial charge >= 0.3 is 6.18 Å². The van der Waals surface area contributed by atoms with Crippen LogP contribution in [0, 0.1) is 10.1 Å². The molecule has 2 rings (SSSR count). The molecular formula is C15H10F3N3O3. The summed E-state index contributed by atoms with van der Waals surface area (Å²) in [5.41, 5.74) is 1.50. The minimum absolute atomic E-state index is 0.0359. The summed E-state index contributed by atoms with van der Waals surface area (Å²) in [6, 6.07) is 9.24. The van der Waals surface area contributed by atoms with Gasteiger partial charge in [0.1, 0.15) is 0 Å². The van der Waals surface area contributed by atoms with Crippen LogP contribution in [0.1, 0.15) is 21.5 Å². The van der Waals surface area contributed by atoms with Crippen LogP contribution in [0.25, 0.3) is 0 Å². The van der Waals surface area contributed by atoms with Gasteiger partial charge in [-0.2, -0.15) is 18.3 Å². The Bertz CT molecular complexity index is 787. The smallest absolute Gasteiger partial charge is 0.267 e. The van der Waals surface area contributed by atoms with Gasteiger partial charge in [-0.05, 0) is 23.8 Å². The zero-order valence-corrected chi connectivity index (χ0v) is 11.9. The van der Waals surface area contributed by atoms with E-state index < -0.39 is 22.6 Å². The number of hydrogen-bond acceptors (Lipinski definition) is 4. The summed E-state index contributed by atoms with van der Waals surface area (Å²) in [4.78, 5) is 21.8. The van der Waals surface area contributed by atoms with Crippen molar-refractivity contribution >= 4 is 17.8 Å². The minimum atomic E-state index is -4.42. The second kappa shape index (κ2) is 6.90. The average Bonchev–Trinajstić information content (AvgIpc) is 2.54. The van der Waals surface area contributed by atoms with E-state index in [9.17, 15) is 28.1 Å². The molecule has 0 atom stereocenters. The third-order valence-electron chi connectivity index (χ3n) is 2.94. The second-order valence-corrected chi connectivity index (χ2v) is 4.63. The fourth-order valence-electron chi connectivity index (χ4n) is 1.75.